The van der Waals surface area contributed by atoms with Crippen molar-refractivity contribution in [2.45, 2.75) is 79.1 Å². The van der Waals surface area contributed by atoms with Crippen LogP contribution in [0.2, 0.25) is 0 Å². The summed E-state index contributed by atoms with van der Waals surface area (Å²) in [6.07, 6.45) is 6.02. The summed E-state index contributed by atoms with van der Waals surface area (Å²) in [4.78, 5) is 15.3. The fourth-order valence-electron chi connectivity index (χ4n) is 7.12. The molecule has 0 N–H and O–H groups in total. The Morgan fingerprint density at radius 3 is 2.31 bits per heavy atom. The van der Waals surface area contributed by atoms with Crippen LogP contribution in [0.5, 0.6) is 0 Å². The molecule has 3 rings (SSSR count). The highest BCUT2D eigenvalue weighted by Gasteiger charge is 2.59. The second-order valence-corrected chi connectivity index (χ2v) is 11.5. The lowest BCUT2D eigenvalue weighted by atomic mass is 9.47. The third-order valence-electron chi connectivity index (χ3n) is 9.28. The molecule has 6 atom stereocenters. The van der Waals surface area contributed by atoms with E-state index in [4.69, 9.17) is 0 Å². The molecule has 0 bridgehead atoms. The number of benzene rings is 1. The van der Waals surface area contributed by atoms with Crippen molar-refractivity contribution < 1.29 is 4.79 Å². The predicted molar refractivity (Wildman–Crippen MR) is 138 cm³/mol. The maximum absolute atomic E-state index is 13.2. The number of carbonyl (C=O) groups is 1. The molecule has 2 heteroatoms. The van der Waals surface area contributed by atoms with Crippen molar-refractivity contribution in [2.24, 2.45) is 28.6 Å². The van der Waals surface area contributed by atoms with Gasteiger partial charge in [0, 0.05) is 31.6 Å². The molecular formula is C30H45NO. The summed E-state index contributed by atoms with van der Waals surface area (Å²) in [5.41, 5.74) is 4.98. The second kappa shape index (κ2) is 9.20. The Labute approximate surface area is 197 Å². The van der Waals surface area contributed by atoms with Gasteiger partial charge >= 0.3 is 0 Å². The first-order valence-electron chi connectivity index (χ1n) is 12.6. The largest absolute Gasteiger partial charge is 0.378 e. The first-order valence-corrected chi connectivity index (χ1v) is 12.6. The summed E-state index contributed by atoms with van der Waals surface area (Å²) >= 11 is 0. The van der Waals surface area contributed by atoms with E-state index < -0.39 is 0 Å². The Balaban J connectivity index is 2.14. The van der Waals surface area contributed by atoms with Crippen LogP contribution in [-0.4, -0.2) is 19.9 Å². The molecule has 0 radical (unpaired) electrons. The number of ketones is 1. The van der Waals surface area contributed by atoms with Crippen molar-refractivity contribution in [2.75, 3.05) is 19.0 Å². The smallest absolute Gasteiger partial charge is 0.139 e. The first-order chi connectivity index (χ1) is 15.0. The van der Waals surface area contributed by atoms with E-state index >= 15 is 0 Å². The van der Waals surface area contributed by atoms with Gasteiger partial charge in [-0.25, -0.2) is 0 Å². The van der Waals surface area contributed by atoms with Crippen molar-refractivity contribution in [1.82, 2.24) is 0 Å². The van der Waals surface area contributed by atoms with Crippen LogP contribution < -0.4 is 4.90 Å². The molecule has 32 heavy (non-hydrogen) atoms. The minimum absolute atomic E-state index is 0.0253. The number of Topliss-reactive ketones (excluding diaryl/α,β-unsaturated/α-hetero) is 1. The maximum atomic E-state index is 13.2. The molecule has 2 saturated carbocycles. The summed E-state index contributed by atoms with van der Waals surface area (Å²) in [5, 5.41) is 0. The van der Waals surface area contributed by atoms with E-state index in [9.17, 15) is 4.79 Å². The quantitative estimate of drug-likeness (QED) is 0.388. The molecule has 2 aliphatic rings. The maximum Gasteiger partial charge on any atom is 0.139 e. The molecular weight excluding hydrogens is 390 g/mol. The minimum Gasteiger partial charge on any atom is -0.378 e. The zero-order valence-corrected chi connectivity index (χ0v) is 21.6. The van der Waals surface area contributed by atoms with Gasteiger partial charge < -0.3 is 4.90 Å². The summed E-state index contributed by atoms with van der Waals surface area (Å²) in [6, 6.07) is 9.12. The predicted octanol–water partition coefficient (Wildman–Crippen LogP) is 7.81. The van der Waals surface area contributed by atoms with Gasteiger partial charge in [0.25, 0.3) is 0 Å². The second-order valence-electron chi connectivity index (χ2n) is 11.5. The standard InChI is InChI=1S/C30H45NO/c1-10-24-26-15-16-27(32)30(26,7)19-25(22-11-13-23(14-12-22)31(8)9)28(24)29(6,21(4)5)18-17-20(2)3/h11-14,24-26,28H,2,4,10,15-19H2,1,3,5-9H3. The van der Waals surface area contributed by atoms with Crippen molar-refractivity contribution in [3.8, 4) is 0 Å². The Hall–Kier alpha value is -1.83. The molecule has 0 amide bonds. The van der Waals surface area contributed by atoms with E-state index in [-0.39, 0.29) is 10.8 Å². The third-order valence-corrected chi connectivity index (χ3v) is 9.28. The Morgan fingerprint density at radius 1 is 1.19 bits per heavy atom. The van der Waals surface area contributed by atoms with Gasteiger partial charge in [0.05, 0.1) is 0 Å². The monoisotopic (exact) mass is 435 g/mol. The van der Waals surface area contributed by atoms with Gasteiger partial charge in [-0.15, -0.1) is 6.58 Å². The molecule has 0 aliphatic heterocycles. The van der Waals surface area contributed by atoms with Crippen molar-refractivity contribution in [3.63, 3.8) is 0 Å². The lowest BCUT2D eigenvalue weighted by Gasteiger charge is -2.56. The van der Waals surface area contributed by atoms with Crippen molar-refractivity contribution >= 4 is 11.5 Å². The Bertz CT molecular complexity index is 865. The third kappa shape index (κ3) is 4.22. The van der Waals surface area contributed by atoms with E-state index in [1.165, 1.54) is 22.4 Å². The molecule has 2 nitrogen and oxygen atoms in total. The first kappa shape index (κ1) is 24.8. The summed E-state index contributed by atoms with van der Waals surface area (Å²) in [5.74, 6) is 2.37. The highest BCUT2D eigenvalue weighted by Crippen LogP contribution is 2.64. The molecule has 0 heterocycles. The number of anilines is 1. The molecule has 0 saturated heterocycles. The van der Waals surface area contributed by atoms with Gasteiger partial charge in [-0.05, 0) is 86.3 Å². The van der Waals surface area contributed by atoms with E-state index in [1.54, 1.807) is 0 Å². The number of allylic oxidation sites excluding steroid dienone is 2. The highest BCUT2D eigenvalue weighted by atomic mass is 16.1. The van der Waals surface area contributed by atoms with Gasteiger partial charge in [0.1, 0.15) is 5.78 Å². The van der Waals surface area contributed by atoms with Crippen LogP contribution in [0.1, 0.15) is 84.6 Å². The molecule has 2 aliphatic carbocycles. The normalized spacial score (nSPS) is 31.7. The lowest BCUT2D eigenvalue weighted by molar-refractivity contribution is -0.132. The van der Waals surface area contributed by atoms with E-state index in [1.807, 2.05) is 0 Å². The van der Waals surface area contributed by atoms with Gasteiger partial charge in [0.2, 0.25) is 0 Å². The summed E-state index contributed by atoms with van der Waals surface area (Å²) in [7, 11) is 4.17. The van der Waals surface area contributed by atoms with Crippen LogP contribution in [-0.2, 0) is 4.79 Å². The summed E-state index contributed by atoms with van der Waals surface area (Å²) < 4.78 is 0. The number of fused-ring (bicyclic) bond motifs is 1. The van der Waals surface area contributed by atoms with Crippen molar-refractivity contribution in [1.29, 1.82) is 0 Å². The molecule has 0 aromatic heterocycles. The van der Waals surface area contributed by atoms with Gasteiger partial charge in [0.15, 0.2) is 0 Å². The van der Waals surface area contributed by atoms with Crippen LogP contribution in [0.3, 0.4) is 0 Å². The van der Waals surface area contributed by atoms with E-state index in [0.29, 0.717) is 29.5 Å². The molecule has 1 aromatic rings. The molecule has 1 aromatic carbocycles. The fourth-order valence-corrected chi connectivity index (χ4v) is 7.12. The van der Waals surface area contributed by atoms with E-state index in [0.717, 1.165) is 38.5 Å². The van der Waals surface area contributed by atoms with Crippen LogP contribution in [0.4, 0.5) is 5.69 Å². The highest BCUT2D eigenvalue weighted by molar-refractivity contribution is 5.87. The van der Waals surface area contributed by atoms with Crippen LogP contribution in [0.25, 0.3) is 0 Å². The molecule has 2 fully saturated rings. The number of hydrogen-bond donors (Lipinski definition) is 0. The van der Waals surface area contributed by atoms with Crippen LogP contribution in [0, 0.1) is 28.6 Å². The van der Waals surface area contributed by atoms with Crippen LogP contribution >= 0.6 is 0 Å². The zero-order chi connectivity index (χ0) is 23.8. The molecule has 0 spiro atoms. The van der Waals surface area contributed by atoms with Gasteiger partial charge in [-0.2, -0.15) is 0 Å². The number of nitrogens with zero attached hydrogens (tertiary/aromatic N) is 1. The number of carbonyl (C=O) groups excluding carboxylic acids is 1. The SMILES string of the molecule is C=C(C)CCC(C)(C(=C)C)C1C(c2ccc(N(C)C)cc2)CC2(C)C(=O)CCC2C1CC. The van der Waals surface area contributed by atoms with Gasteiger partial charge in [-0.1, -0.05) is 57.0 Å². The van der Waals surface area contributed by atoms with Crippen molar-refractivity contribution in [3.05, 3.63) is 54.1 Å². The molecule has 6 unspecified atom stereocenters. The van der Waals surface area contributed by atoms with Crippen LogP contribution in [0.15, 0.2) is 48.6 Å². The van der Waals surface area contributed by atoms with Gasteiger partial charge in [-0.3, -0.25) is 4.79 Å². The average Bonchev–Trinajstić information content (AvgIpc) is 3.04. The van der Waals surface area contributed by atoms with E-state index in [2.05, 4.69) is 91.0 Å². The lowest BCUT2D eigenvalue weighted by Crippen LogP contribution is -2.50. The fraction of sp³-hybridized carbons (Fsp3) is 0.633. The Morgan fingerprint density at radius 2 is 1.81 bits per heavy atom. The molecule has 176 valence electrons. The number of rotatable bonds is 8. The average molecular weight is 436 g/mol. The minimum atomic E-state index is -0.188. The topological polar surface area (TPSA) is 20.3 Å². The Kier molecular flexibility index (Phi) is 7.13. The summed E-state index contributed by atoms with van der Waals surface area (Å²) in [6.45, 7) is 20.2. The number of hydrogen-bond acceptors (Lipinski definition) is 2. The zero-order valence-electron chi connectivity index (χ0n) is 21.6.